The van der Waals surface area contributed by atoms with Crippen molar-refractivity contribution in [2.24, 2.45) is 0 Å². The molecule has 0 aromatic heterocycles. The molecule has 6 nitrogen and oxygen atoms in total. The van der Waals surface area contributed by atoms with Crippen molar-refractivity contribution < 1.29 is 30.3 Å². The number of aliphatic hydroxyl groups excluding tert-OH is 5. The molecule has 1 fully saturated rings. The van der Waals surface area contributed by atoms with Gasteiger partial charge < -0.3 is 30.3 Å². The maximum atomic E-state index is 9.07. The topological polar surface area (TPSA) is 110 Å². The Morgan fingerprint density at radius 2 is 1.42 bits per heavy atom. The first kappa shape index (κ1) is 9.85. The molecule has 5 atom stereocenters. The molecule has 1 heterocycles. The Kier molecular flexibility index (Phi) is 2.99. The molecule has 12 heavy (non-hydrogen) atoms. The van der Waals surface area contributed by atoms with Crippen molar-refractivity contribution >= 4 is 0 Å². The monoisotopic (exact) mass is 180 g/mol. The second kappa shape index (κ2) is 3.65. The highest BCUT2D eigenvalue weighted by atomic mass is 16.6. The van der Waals surface area contributed by atoms with Crippen molar-refractivity contribution in [3.63, 3.8) is 0 Å². The van der Waals surface area contributed by atoms with Crippen LogP contribution in [0, 0.1) is 0 Å². The molecule has 1 aliphatic rings. The van der Waals surface area contributed by atoms with Crippen LogP contribution >= 0.6 is 0 Å². The Balaban J connectivity index is 2.68. The normalized spacial score (nSPS) is 50.2. The molecule has 0 bridgehead atoms. The summed E-state index contributed by atoms with van der Waals surface area (Å²) in [6.07, 6.45) is -7.58. The molecule has 1 rings (SSSR count). The van der Waals surface area contributed by atoms with Crippen LogP contribution in [0.3, 0.4) is 0 Å². The highest BCUT2D eigenvalue weighted by Gasteiger charge is 2.38. The van der Waals surface area contributed by atoms with E-state index >= 15 is 0 Å². The number of hydrogen-bond donors (Lipinski definition) is 5. The summed E-state index contributed by atoms with van der Waals surface area (Å²) in [5.41, 5.74) is 0. The van der Waals surface area contributed by atoms with E-state index in [1.807, 2.05) is 0 Å². The zero-order chi connectivity index (χ0) is 9.30. The Morgan fingerprint density at radius 1 is 0.833 bits per heavy atom. The lowest BCUT2D eigenvalue weighted by Crippen LogP contribution is -2.46. The lowest BCUT2D eigenvalue weighted by atomic mass is 10.0. The predicted octanol–water partition coefficient (Wildman–Crippen LogP) is -3.22. The minimum absolute atomic E-state index is 0.323. The summed E-state index contributed by atoms with van der Waals surface area (Å²) in [5, 5.41) is 45.1. The van der Waals surface area contributed by atoms with Gasteiger partial charge in [-0.25, -0.2) is 0 Å². The molecule has 1 saturated heterocycles. The van der Waals surface area contributed by atoms with Crippen molar-refractivity contribution in [2.75, 3.05) is 6.61 Å². The Bertz CT molecular complexity index is 135. The van der Waals surface area contributed by atoms with Crippen LogP contribution in [0.1, 0.15) is 0 Å². The van der Waals surface area contributed by atoms with Crippen molar-refractivity contribution in [1.82, 2.24) is 0 Å². The van der Waals surface area contributed by atoms with E-state index in [4.69, 9.17) is 25.5 Å². The summed E-state index contributed by atoms with van der Waals surface area (Å²) in [6, 6.07) is 0. The van der Waals surface area contributed by atoms with Crippen molar-refractivity contribution in [3.05, 3.63) is 0 Å². The molecule has 72 valence electrons. The molecule has 5 N–H and O–H groups in total. The molecule has 0 aromatic rings. The van der Waals surface area contributed by atoms with E-state index in [-0.39, 0.29) is 6.61 Å². The first-order valence-electron chi connectivity index (χ1n) is 3.56. The smallest absolute Gasteiger partial charge is 0.183 e. The molecule has 0 unspecified atom stereocenters. The van der Waals surface area contributed by atoms with Gasteiger partial charge in [-0.3, -0.25) is 0 Å². The molecular weight excluding hydrogens is 168 g/mol. The second-order valence-corrected chi connectivity index (χ2v) is 2.76. The second-order valence-electron chi connectivity index (χ2n) is 2.76. The zero-order valence-corrected chi connectivity index (χ0v) is 6.24. The fourth-order valence-corrected chi connectivity index (χ4v) is 0.993. The van der Waals surface area contributed by atoms with E-state index in [0.29, 0.717) is 0 Å². The van der Waals surface area contributed by atoms with Gasteiger partial charge >= 0.3 is 0 Å². The number of aliphatic hydroxyl groups is 5. The summed E-state index contributed by atoms with van der Waals surface area (Å²) in [4.78, 5) is 0. The van der Waals surface area contributed by atoms with Gasteiger partial charge in [0.15, 0.2) is 6.29 Å². The van der Waals surface area contributed by atoms with Gasteiger partial charge in [0, 0.05) is 0 Å². The number of ether oxygens (including phenoxy) is 1. The van der Waals surface area contributed by atoms with Gasteiger partial charge in [-0.15, -0.1) is 0 Å². The molecule has 0 aliphatic carbocycles. The summed E-state index contributed by atoms with van der Waals surface area (Å²) in [6.45, 7) is -0.323. The van der Waals surface area contributed by atoms with E-state index in [1.165, 1.54) is 0 Å². The maximum absolute atomic E-state index is 9.07. The van der Waals surface area contributed by atoms with Crippen molar-refractivity contribution in [1.29, 1.82) is 0 Å². The van der Waals surface area contributed by atoms with Crippen LogP contribution in [-0.2, 0) is 4.74 Å². The maximum Gasteiger partial charge on any atom is 0.183 e. The van der Waals surface area contributed by atoms with E-state index in [9.17, 15) is 0 Å². The highest BCUT2D eigenvalue weighted by Crippen LogP contribution is 2.14. The molecule has 0 spiro atoms. The average molecular weight is 180 g/mol. The van der Waals surface area contributed by atoms with Crippen molar-refractivity contribution in [2.45, 2.75) is 30.7 Å². The zero-order valence-electron chi connectivity index (χ0n) is 6.24. The first-order chi connectivity index (χ1) is 5.54. The first-order valence-corrected chi connectivity index (χ1v) is 3.56. The van der Waals surface area contributed by atoms with Crippen LogP contribution in [0.4, 0.5) is 0 Å². The van der Waals surface area contributed by atoms with Crippen LogP contribution in [0.2, 0.25) is 0 Å². The fourth-order valence-electron chi connectivity index (χ4n) is 0.993. The van der Waals surface area contributed by atoms with Crippen LogP contribution in [0.25, 0.3) is 0 Å². The van der Waals surface area contributed by atoms with Gasteiger partial charge in [0.05, 0.1) is 6.61 Å². The van der Waals surface area contributed by atoms with E-state index in [0.717, 1.165) is 0 Å². The third kappa shape index (κ3) is 1.74. The van der Waals surface area contributed by atoms with Crippen LogP contribution in [0.5, 0.6) is 0 Å². The molecule has 0 radical (unpaired) electrons. The lowest BCUT2D eigenvalue weighted by molar-refractivity contribution is -0.181. The van der Waals surface area contributed by atoms with Crippen LogP contribution in [-0.4, -0.2) is 62.8 Å². The Morgan fingerprint density at radius 3 is 2.00 bits per heavy atom. The molecule has 0 amide bonds. The predicted molar refractivity (Wildman–Crippen MR) is 36.0 cm³/mol. The molecule has 0 aromatic carbocycles. The lowest BCUT2D eigenvalue weighted by Gasteiger charge is -2.22. The molecule has 1 aliphatic heterocycles. The molecule has 0 saturated carbocycles. The SMILES string of the molecule is O[C@H]1[C@@H](O)[C@H](O)CO[C@H](O)[C@H]1O. The van der Waals surface area contributed by atoms with Gasteiger partial charge in [-0.2, -0.15) is 0 Å². The van der Waals surface area contributed by atoms with Gasteiger partial charge in [0.25, 0.3) is 0 Å². The molecular formula is C6H12O6. The summed E-state index contributed by atoms with van der Waals surface area (Å²) in [5.74, 6) is 0. The van der Waals surface area contributed by atoms with Crippen LogP contribution in [0.15, 0.2) is 0 Å². The minimum atomic E-state index is -1.60. The van der Waals surface area contributed by atoms with Gasteiger partial charge in [0.1, 0.15) is 24.4 Å². The Labute approximate surface area is 68.6 Å². The minimum Gasteiger partial charge on any atom is -0.388 e. The summed E-state index contributed by atoms with van der Waals surface area (Å²) < 4.78 is 4.50. The van der Waals surface area contributed by atoms with Gasteiger partial charge in [-0.1, -0.05) is 0 Å². The van der Waals surface area contributed by atoms with Gasteiger partial charge in [0.2, 0.25) is 0 Å². The third-order valence-corrected chi connectivity index (χ3v) is 1.82. The quantitative estimate of drug-likeness (QED) is 0.268. The highest BCUT2D eigenvalue weighted by molar-refractivity contribution is 4.85. The molecule has 6 heteroatoms. The largest absolute Gasteiger partial charge is 0.388 e. The van der Waals surface area contributed by atoms with Gasteiger partial charge in [-0.05, 0) is 0 Å². The summed E-state index contributed by atoms with van der Waals surface area (Å²) in [7, 11) is 0. The third-order valence-electron chi connectivity index (χ3n) is 1.82. The van der Waals surface area contributed by atoms with E-state index < -0.39 is 30.7 Å². The van der Waals surface area contributed by atoms with Crippen LogP contribution < -0.4 is 0 Å². The van der Waals surface area contributed by atoms with E-state index in [1.54, 1.807) is 0 Å². The van der Waals surface area contributed by atoms with Crippen molar-refractivity contribution in [3.8, 4) is 0 Å². The summed E-state index contributed by atoms with van der Waals surface area (Å²) >= 11 is 0. The average Bonchev–Trinajstić information content (AvgIpc) is 2.14. The Hall–Kier alpha value is -0.240. The van der Waals surface area contributed by atoms with E-state index in [2.05, 4.69) is 4.74 Å². The standard InChI is InChI=1S/C6H12O6/c7-2-1-12-6(11)5(10)4(9)3(2)8/h2-11H,1H2/t2-,3+,4+,5+,6+/m1/s1. The number of rotatable bonds is 0. The number of hydrogen-bond acceptors (Lipinski definition) is 6. The fraction of sp³-hybridized carbons (Fsp3) is 1.00.